The molecule has 2 saturated heterocycles. The van der Waals surface area contributed by atoms with Gasteiger partial charge in [0.25, 0.3) is 5.91 Å². The van der Waals surface area contributed by atoms with Gasteiger partial charge in [-0.25, -0.2) is 0 Å². The van der Waals surface area contributed by atoms with E-state index in [1.165, 1.54) is 0 Å². The van der Waals surface area contributed by atoms with Crippen molar-refractivity contribution in [2.75, 3.05) is 19.7 Å². The summed E-state index contributed by atoms with van der Waals surface area (Å²) in [6.07, 6.45) is 6.98. The summed E-state index contributed by atoms with van der Waals surface area (Å²) < 4.78 is 17.3. The SMILES string of the molecule is Cc1ccoc1C(=O)N1CC2(CC(OCc3cccnc3)CCO2)C1. The van der Waals surface area contributed by atoms with E-state index in [9.17, 15) is 4.79 Å². The zero-order valence-electron chi connectivity index (χ0n) is 14.3. The summed E-state index contributed by atoms with van der Waals surface area (Å²) in [6, 6.07) is 5.73. The number of hydrogen-bond acceptors (Lipinski definition) is 5. The van der Waals surface area contributed by atoms with E-state index in [0.717, 1.165) is 24.0 Å². The number of furan rings is 1. The van der Waals surface area contributed by atoms with E-state index in [0.29, 0.717) is 32.1 Å². The minimum atomic E-state index is -0.270. The van der Waals surface area contributed by atoms with Crippen molar-refractivity contribution in [1.29, 1.82) is 0 Å². The highest BCUT2D eigenvalue weighted by Crippen LogP contribution is 2.36. The van der Waals surface area contributed by atoms with Crippen LogP contribution in [0.15, 0.2) is 41.3 Å². The summed E-state index contributed by atoms with van der Waals surface area (Å²) in [7, 11) is 0. The Morgan fingerprint density at radius 3 is 3.04 bits per heavy atom. The second kappa shape index (κ2) is 6.61. The maximum Gasteiger partial charge on any atom is 0.290 e. The lowest BCUT2D eigenvalue weighted by molar-refractivity contribution is -0.188. The topological polar surface area (TPSA) is 64.8 Å². The summed E-state index contributed by atoms with van der Waals surface area (Å²) >= 11 is 0. The average molecular weight is 342 g/mol. The lowest BCUT2D eigenvalue weighted by atomic mass is 9.84. The number of carbonyl (C=O) groups is 1. The molecule has 1 unspecified atom stereocenters. The molecule has 0 radical (unpaired) electrons. The Hall–Kier alpha value is -2.18. The lowest BCUT2D eigenvalue weighted by Gasteiger charge is -2.52. The fraction of sp³-hybridized carbons (Fsp3) is 0.474. The summed E-state index contributed by atoms with van der Waals surface area (Å²) in [4.78, 5) is 18.4. The number of likely N-dealkylation sites (tertiary alicyclic amines) is 1. The highest BCUT2D eigenvalue weighted by atomic mass is 16.5. The van der Waals surface area contributed by atoms with Gasteiger partial charge in [-0.3, -0.25) is 9.78 Å². The van der Waals surface area contributed by atoms with Crippen LogP contribution in [-0.2, 0) is 16.1 Å². The molecule has 2 aromatic rings. The third kappa shape index (κ3) is 3.32. The molecule has 6 nitrogen and oxygen atoms in total. The Balaban J connectivity index is 1.32. The van der Waals surface area contributed by atoms with Crippen LogP contribution in [-0.4, -0.2) is 47.2 Å². The van der Waals surface area contributed by atoms with Crippen molar-refractivity contribution in [3.63, 3.8) is 0 Å². The van der Waals surface area contributed by atoms with Gasteiger partial charge >= 0.3 is 0 Å². The molecule has 2 fully saturated rings. The smallest absolute Gasteiger partial charge is 0.290 e. The third-order valence-electron chi connectivity index (χ3n) is 4.96. The fourth-order valence-corrected chi connectivity index (χ4v) is 3.57. The number of amides is 1. The van der Waals surface area contributed by atoms with Gasteiger partial charge in [-0.2, -0.15) is 0 Å². The van der Waals surface area contributed by atoms with Crippen molar-refractivity contribution in [2.45, 2.75) is 38.1 Å². The third-order valence-corrected chi connectivity index (χ3v) is 4.96. The van der Waals surface area contributed by atoms with Crippen LogP contribution in [0.2, 0.25) is 0 Å². The van der Waals surface area contributed by atoms with E-state index in [2.05, 4.69) is 4.98 Å². The molecule has 2 aromatic heterocycles. The first-order valence-electron chi connectivity index (χ1n) is 8.63. The molecule has 2 aliphatic heterocycles. The molecule has 0 aliphatic carbocycles. The Bertz CT molecular complexity index is 737. The van der Waals surface area contributed by atoms with Gasteiger partial charge in [0.05, 0.1) is 32.1 Å². The molecule has 1 amide bonds. The molecule has 6 heteroatoms. The Morgan fingerprint density at radius 1 is 1.44 bits per heavy atom. The molecule has 2 aliphatic rings. The van der Waals surface area contributed by atoms with Gasteiger partial charge in [0.15, 0.2) is 5.76 Å². The molecule has 0 aromatic carbocycles. The molecule has 1 spiro atoms. The fourth-order valence-electron chi connectivity index (χ4n) is 3.57. The van der Waals surface area contributed by atoms with Crippen LogP contribution in [0, 0.1) is 6.92 Å². The molecule has 1 atom stereocenters. The van der Waals surface area contributed by atoms with Gasteiger partial charge < -0.3 is 18.8 Å². The number of ether oxygens (including phenoxy) is 2. The molecular weight excluding hydrogens is 320 g/mol. The van der Waals surface area contributed by atoms with Gasteiger partial charge in [0, 0.05) is 31.0 Å². The first kappa shape index (κ1) is 16.3. The van der Waals surface area contributed by atoms with E-state index in [1.807, 2.05) is 31.3 Å². The Kier molecular flexibility index (Phi) is 4.31. The van der Waals surface area contributed by atoms with E-state index >= 15 is 0 Å². The molecule has 4 heterocycles. The number of nitrogens with zero attached hydrogens (tertiary/aromatic N) is 2. The zero-order valence-corrected chi connectivity index (χ0v) is 14.3. The van der Waals surface area contributed by atoms with Crippen LogP contribution in [0.3, 0.4) is 0 Å². The maximum atomic E-state index is 12.5. The monoisotopic (exact) mass is 342 g/mol. The van der Waals surface area contributed by atoms with Crippen LogP contribution >= 0.6 is 0 Å². The van der Waals surface area contributed by atoms with Crippen LogP contribution in [0.5, 0.6) is 0 Å². The van der Waals surface area contributed by atoms with Gasteiger partial charge in [0.2, 0.25) is 0 Å². The molecule has 132 valence electrons. The number of hydrogen-bond donors (Lipinski definition) is 0. The van der Waals surface area contributed by atoms with E-state index < -0.39 is 0 Å². The van der Waals surface area contributed by atoms with Gasteiger partial charge in [-0.05, 0) is 31.0 Å². The largest absolute Gasteiger partial charge is 0.459 e. The van der Waals surface area contributed by atoms with E-state index in [4.69, 9.17) is 13.9 Å². The summed E-state index contributed by atoms with van der Waals surface area (Å²) in [5.74, 6) is 0.366. The van der Waals surface area contributed by atoms with Crippen molar-refractivity contribution in [1.82, 2.24) is 9.88 Å². The van der Waals surface area contributed by atoms with Crippen molar-refractivity contribution >= 4 is 5.91 Å². The minimum absolute atomic E-state index is 0.0601. The molecule has 0 saturated carbocycles. The van der Waals surface area contributed by atoms with Gasteiger partial charge in [-0.1, -0.05) is 6.07 Å². The second-order valence-electron chi connectivity index (χ2n) is 6.91. The van der Waals surface area contributed by atoms with Crippen LogP contribution in [0.4, 0.5) is 0 Å². The van der Waals surface area contributed by atoms with Gasteiger partial charge in [0.1, 0.15) is 5.60 Å². The average Bonchev–Trinajstić information content (AvgIpc) is 3.04. The first-order valence-corrected chi connectivity index (χ1v) is 8.63. The number of aryl methyl sites for hydroxylation is 1. The number of aromatic nitrogens is 1. The van der Waals surface area contributed by atoms with Crippen molar-refractivity contribution in [2.24, 2.45) is 0 Å². The molecular formula is C19H22N2O4. The normalized spacial score (nSPS) is 22.0. The quantitative estimate of drug-likeness (QED) is 0.854. The van der Waals surface area contributed by atoms with Crippen LogP contribution in [0.25, 0.3) is 0 Å². The van der Waals surface area contributed by atoms with Crippen molar-refractivity contribution < 1.29 is 18.7 Å². The van der Waals surface area contributed by atoms with E-state index in [-0.39, 0.29) is 17.6 Å². The maximum absolute atomic E-state index is 12.5. The van der Waals surface area contributed by atoms with Gasteiger partial charge in [-0.15, -0.1) is 0 Å². The molecule has 0 N–H and O–H groups in total. The summed E-state index contributed by atoms with van der Waals surface area (Å²) in [6.45, 7) is 4.30. The van der Waals surface area contributed by atoms with E-state index in [1.54, 1.807) is 17.4 Å². The highest BCUT2D eigenvalue weighted by Gasteiger charge is 2.50. The van der Waals surface area contributed by atoms with Crippen molar-refractivity contribution in [3.8, 4) is 0 Å². The van der Waals surface area contributed by atoms with Crippen LogP contribution in [0.1, 0.15) is 34.5 Å². The lowest BCUT2D eigenvalue weighted by Crippen LogP contribution is -2.67. The minimum Gasteiger partial charge on any atom is -0.459 e. The predicted octanol–water partition coefficient (Wildman–Crippen LogP) is 2.57. The molecule has 4 rings (SSSR count). The van der Waals surface area contributed by atoms with Crippen molar-refractivity contribution in [3.05, 3.63) is 53.7 Å². The predicted molar refractivity (Wildman–Crippen MR) is 90.1 cm³/mol. The highest BCUT2D eigenvalue weighted by molar-refractivity contribution is 5.93. The number of carbonyl (C=O) groups excluding carboxylic acids is 1. The molecule has 25 heavy (non-hydrogen) atoms. The summed E-state index contributed by atoms with van der Waals surface area (Å²) in [5, 5.41) is 0. The zero-order chi connectivity index (χ0) is 17.3. The molecule has 0 bridgehead atoms. The van der Waals surface area contributed by atoms with Crippen LogP contribution < -0.4 is 0 Å². The Labute approximate surface area is 146 Å². The standard InChI is InChI=1S/C19H22N2O4/c1-14-4-7-23-17(14)18(22)21-12-19(13-21)9-16(5-8-25-19)24-11-15-3-2-6-20-10-15/h2-4,6-7,10,16H,5,8-9,11-13H2,1H3. The Morgan fingerprint density at radius 2 is 2.32 bits per heavy atom. The summed E-state index contributed by atoms with van der Waals surface area (Å²) in [5.41, 5.74) is 1.67. The second-order valence-corrected chi connectivity index (χ2v) is 6.91. The number of rotatable bonds is 4. The first-order chi connectivity index (χ1) is 12.2. The number of pyridine rings is 1.